The zero-order valence-electron chi connectivity index (χ0n) is 9.42. The highest BCUT2D eigenvalue weighted by Gasteiger charge is 2.25. The molecule has 0 spiro atoms. The van der Waals surface area contributed by atoms with E-state index in [-0.39, 0.29) is 29.3 Å². The molecule has 1 unspecified atom stereocenters. The first-order valence-electron chi connectivity index (χ1n) is 5.36. The zero-order valence-corrected chi connectivity index (χ0v) is 9.42. The molecule has 1 amide bonds. The molecule has 0 bridgehead atoms. The maximum atomic E-state index is 11.0. The van der Waals surface area contributed by atoms with Gasteiger partial charge in [0, 0.05) is 19.0 Å². The van der Waals surface area contributed by atoms with Crippen LogP contribution < -0.4 is 16.4 Å². The Hall–Kier alpha value is -2.45. The summed E-state index contributed by atoms with van der Waals surface area (Å²) in [6.45, 7) is 0.403. The SMILES string of the molecule is Nc1ncnc(NC2CCC(=O)NC2)c1[N+](=O)[O-]. The van der Waals surface area contributed by atoms with Crippen LogP contribution in [0, 0.1) is 10.1 Å². The predicted molar refractivity (Wildman–Crippen MR) is 62.8 cm³/mol. The van der Waals surface area contributed by atoms with E-state index in [2.05, 4.69) is 20.6 Å². The molecule has 96 valence electrons. The lowest BCUT2D eigenvalue weighted by molar-refractivity contribution is -0.383. The largest absolute Gasteiger partial charge is 0.378 e. The van der Waals surface area contributed by atoms with Crippen molar-refractivity contribution in [1.82, 2.24) is 15.3 Å². The highest BCUT2D eigenvalue weighted by Crippen LogP contribution is 2.27. The van der Waals surface area contributed by atoms with Gasteiger partial charge in [-0.05, 0) is 6.42 Å². The molecule has 0 saturated carbocycles. The molecular weight excluding hydrogens is 240 g/mol. The molecule has 2 heterocycles. The minimum Gasteiger partial charge on any atom is -0.378 e. The van der Waals surface area contributed by atoms with Crippen LogP contribution in [0.1, 0.15) is 12.8 Å². The number of nitrogens with one attached hydrogen (secondary N) is 2. The van der Waals surface area contributed by atoms with E-state index in [1.807, 2.05) is 0 Å². The zero-order chi connectivity index (χ0) is 13.1. The topological polar surface area (TPSA) is 136 Å². The maximum absolute atomic E-state index is 11.0. The average molecular weight is 252 g/mol. The summed E-state index contributed by atoms with van der Waals surface area (Å²) < 4.78 is 0. The fourth-order valence-corrected chi connectivity index (χ4v) is 1.73. The van der Waals surface area contributed by atoms with Gasteiger partial charge in [-0.3, -0.25) is 14.9 Å². The summed E-state index contributed by atoms with van der Waals surface area (Å²) in [6, 6.07) is -0.101. The van der Waals surface area contributed by atoms with E-state index in [0.29, 0.717) is 19.4 Å². The molecule has 9 nitrogen and oxygen atoms in total. The number of nitrogens with two attached hydrogens (primary N) is 1. The minimum atomic E-state index is -0.626. The van der Waals surface area contributed by atoms with Gasteiger partial charge in [0.15, 0.2) is 0 Å². The number of hydrogen-bond donors (Lipinski definition) is 3. The van der Waals surface area contributed by atoms with Crippen LogP contribution >= 0.6 is 0 Å². The number of anilines is 2. The smallest absolute Gasteiger partial charge is 0.352 e. The molecule has 1 aliphatic rings. The first kappa shape index (κ1) is 12.0. The normalized spacial score (nSPS) is 19.1. The second-order valence-corrected chi connectivity index (χ2v) is 3.90. The number of rotatable bonds is 3. The van der Waals surface area contributed by atoms with E-state index in [0.717, 1.165) is 6.33 Å². The van der Waals surface area contributed by atoms with Gasteiger partial charge < -0.3 is 16.4 Å². The molecule has 4 N–H and O–H groups in total. The lowest BCUT2D eigenvalue weighted by Crippen LogP contribution is -2.42. The first-order valence-corrected chi connectivity index (χ1v) is 5.36. The molecule has 9 heteroatoms. The number of aromatic nitrogens is 2. The summed E-state index contributed by atoms with van der Waals surface area (Å²) in [5.41, 5.74) is 5.11. The Labute approximate surface area is 102 Å². The minimum absolute atomic E-state index is 0.0234. The van der Waals surface area contributed by atoms with Crippen LogP contribution in [0.5, 0.6) is 0 Å². The molecule has 0 aromatic carbocycles. The molecule has 18 heavy (non-hydrogen) atoms. The summed E-state index contributed by atoms with van der Waals surface area (Å²) in [7, 11) is 0. The fourth-order valence-electron chi connectivity index (χ4n) is 1.73. The van der Waals surface area contributed by atoms with Crippen LogP contribution in [-0.4, -0.2) is 33.4 Å². The lowest BCUT2D eigenvalue weighted by atomic mass is 10.1. The number of carbonyl (C=O) groups excluding carboxylic acids is 1. The maximum Gasteiger partial charge on any atom is 0.352 e. The summed E-state index contributed by atoms with van der Waals surface area (Å²) >= 11 is 0. The summed E-state index contributed by atoms with van der Waals surface area (Å²) in [5, 5.41) is 16.4. The molecule has 1 saturated heterocycles. The van der Waals surface area contributed by atoms with Crippen LogP contribution in [0.25, 0.3) is 0 Å². The number of nitrogens with zero attached hydrogens (tertiary/aromatic N) is 3. The number of piperidine rings is 1. The van der Waals surface area contributed by atoms with Crippen LogP contribution in [0.3, 0.4) is 0 Å². The van der Waals surface area contributed by atoms with Crippen molar-refractivity contribution in [2.75, 3.05) is 17.6 Å². The van der Waals surface area contributed by atoms with Crippen molar-refractivity contribution < 1.29 is 9.72 Å². The molecule has 1 fully saturated rings. The molecule has 0 aliphatic carbocycles. The van der Waals surface area contributed by atoms with Gasteiger partial charge in [0.1, 0.15) is 6.33 Å². The molecule has 1 atom stereocenters. The van der Waals surface area contributed by atoms with E-state index < -0.39 is 4.92 Å². The Balaban J connectivity index is 2.16. The molecular formula is C9H12N6O3. The standard InChI is InChI=1S/C9H12N6O3/c10-8-7(15(17)18)9(13-4-12-8)14-5-1-2-6(16)11-3-5/h4-5H,1-3H2,(H,11,16)(H3,10,12,13,14). The second kappa shape index (κ2) is 4.82. The van der Waals surface area contributed by atoms with Gasteiger partial charge in [0.2, 0.25) is 17.5 Å². The number of amides is 1. The summed E-state index contributed by atoms with van der Waals surface area (Å²) in [5.74, 6) is -0.129. The van der Waals surface area contributed by atoms with Gasteiger partial charge in [-0.15, -0.1) is 0 Å². The van der Waals surface area contributed by atoms with Crippen molar-refractivity contribution in [2.45, 2.75) is 18.9 Å². The van der Waals surface area contributed by atoms with Gasteiger partial charge in [0.25, 0.3) is 0 Å². The van der Waals surface area contributed by atoms with Crippen LogP contribution in [-0.2, 0) is 4.79 Å². The molecule has 0 radical (unpaired) electrons. The monoisotopic (exact) mass is 252 g/mol. The number of nitrogen functional groups attached to an aromatic ring is 1. The molecule has 2 rings (SSSR count). The third-order valence-electron chi connectivity index (χ3n) is 2.64. The molecule has 1 aromatic heterocycles. The van der Waals surface area contributed by atoms with Crippen LogP contribution in [0.15, 0.2) is 6.33 Å². The van der Waals surface area contributed by atoms with Gasteiger partial charge in [-0.25, -0.2) is 9.97 Å². The Morgan fingerprint density at radius 3 is 2.94 bits per heavy atom. The van der Waals surface area contributed by atoms with Crippen molar-refractivity contribution in [3.05, 3.63) is 16.4 Å². The number of nitro groups is 1. The van der Waals surface area contributed by atoms with E-state index in [9.17, 15) is 14.9 Å². The van der Waals surface area contributed by atoms with Gasteiger partial charge in [0.05, 0.1) is 4.92 Å². The first-order chi connectivity index (χ1) is 8.58. The van der Waals surface area contributed by atoms with Crippen LogP contribution in [0.4, 0.5) is 17.3 Å². The Morgan fingerprint density at radius 1 is 1.56 bits per heavy atom. The predicted octanol–water partition coefficient (Wildman–Crippen LogP) is -0.343. The lowest BCUT2D eigenvalue weighted by Gasteiger charge is -2.23. The third-order valence-corrected chi connectivity index (χ3v) is 2.64. The van der Waals surface area contributed by atoms with Crippen molar-refractivity contribution in [3.8, 4) is 0 Å². The van der Waals surface area contributed by atoms with E-state index in [1.54, 1.807) is 0 Å². The van der Waals surface area contributed by atoms with E-state index >= 15 is 0 Å². The molecule has 1 aliphatic heterocycles. The highest BCUT2D eigenvalue weighted by molar-refractivity contribution is 5.77. The van der Waals surface area contributed by atoms with Gasteiger partial charge in [-0.2, -0.15) is 0 Å². The fraction of sp³-hybridized carbons (Fsp3) is 0.444. The number of carbonyl (C=O) groups is 1. The van der Waals surface area contributed by atoms with Crippen molar-refractivity contribution in [2.24, 2.45) is 0 Å². The van der Waals surface area contributed by atoms with Crippen molar-refractivity contribution in [3.63, 3.8) is 0 Å². The summed E-state index contributed by atoms with van der Waals surface area (Å²) in [6.07, 6.45) is 2.13. The van der Waals surface area contributed by atoms with Crippen molar-refractivity contribution in [1.29, 1.82) is 0 Å². The quantitative estimate of drug-likeness (QED) is 0.494. The third kappa shape index (κ3) is 2.44. The van der Waals surface area contributed by atoms with Crippen molar-refractivity contribution >= 4 is 23.2 Å². The van der Waals surface area contributed by atoms with Crippen LogP contribution in [0.2, 0.25) is 0 Å². The molecule has 1 aromatic rings. The second-order valence-electron chi connectivity index (χ2n) is 3.90. The Morgan fingerprint density at radius 2 is 2.33 bits per heavy atom. The Kier molecular flexibility index (Phi) is 3.22. The van der Waals surface area contributed by atoms with E-state index in [1.165, 1.54) is 0 Å². The van der Waals surface area contributed by atoms with E-state index in [4.69, 9.17) is 5.73 Å². The van der Waals surface area contributed by atoms with Gasteiger partial charge >= 0.3 is 5.69 Å². The number of hydrogen-bond acceptors (Lipinski definition) is 7. The Bertz CT molecular complexity index is 481. The average Bonchev–Trinajstić information content (AvgIpc) is 2.32. The summed E-state index contributed by atoms with van der Waals surface area (Å²) in [4.78, 5) is 28.6. The highest BCUT2D eigenvalue weighted by atomic mass is 16.6. The van der Waals surface area contributed by atoms with Gasteiger partial charge in [-0.1, -0.05) is 0 Å².